The van der Waals surface area contributed by atoms with Gasteiger partial charge in [-0.25, -0.2) is 0 Å². The number of hydrogen-bond donors (Lipinski definition) is 0. The van der Waals surface area contributed by atoms with E-state index in [9.17, 15) is 0 Å². The fourth-order valence-electron chi connectivity index (χ4n) is 6.30. The molecule has 0 nitrogen and oxygen atoms in total. The van der Waals surface area contributed by atoms with Crippen molar-refractivity contribution in [1.82, 2.24) is 0 Å². The quantitative estimate of drug-likeness (QED) is 0.0840. The highest BCUT2D eigenvalue weighted by Crippen LogP contribution is 2.31. The van der Waals surface area contributed by atoms with E-state index in [1.54, 1.807) is 0 Å². The summed E-state index contributed by atoms with van der Waals surface area (Å²) < 4.78 is 0. The minimum Gasteiger partial charge on any atom is -0.0654 e. The van der Waals surface area contributed by atoms with Crippen LogP contribution >= 0.6 is 0 Å². The molecule has 0 aromatic heterocycles. The zero-order valence-corrected chi connectivity index (χ0v) is 26.1. The number of unbranched alkanes of at least 4 members (excludes halogenated alkanes) is 10. The summed E-state index contributed by atoms with van der Waals surface area (Å²) in [4.78, 5) is 0. The van der Waals surface area contributed by atoms with Crippen LogP contribution in [0.5, 0.6) is 0 Å². The molecule has 0 heteroatoms. The van der Waals surface area contributed by atoms with Crippen LogP contribution in [0.1, 0.15) is 102 Å². The summed E-state index contributed by atoms with van der Waals surface area (Å²) in [5.41, 5.74) is 8.13. The van der Waals surface area contributed by atoms with Gasteiger partial charge in [-0.05, 0) is 105 Å². The van der Waals surface area contributed by atoms with Gasteiger partial charge in [0.05, 0.1) is 0 Å². The van der Waals surface area contributed by atoms with Crippen LogP contribution in [0, 0.1) is 0 Å². The molecular weight excluding hydrogens is 504 g/mol. The van der Waals surface area contributed by atoms with Crippen molar-refractivity contribution in [3.63, 3.8) is 0 Å². The van der Waals surface area contributed by atoms with Crippen molar-refractivity contribution in [2.45, 2.75) is 104 Å². The summed E-state index contributed by atoms with van der Waals surface area (Å²) in [7, 11) is 0. The molecule has 0 fully saturated rings. The lowest BCUT2D eigenvalue weighted by molar-refractivity contribution is 0.607. The topological polar surface area (TPSA) is 0 Å². The standard InChI is InChI=1S/C42H50/c1-3-5-7-9-11-13-15-33-17-21-35(22-18-33)37-25-27-39-32-42-30-38(26-28-40(42)31-41(39)29-37)36-23-19-34(20-24-36)16-14-12-10-8-6-4-2/h17-32H,3-16H2,1-2H3. The highest BCUT2D eigenvalue weighted by Gasteiger charge is 2.06. The minimum atomic E-state index is 1.20. The van der Waals surface area contributed by atoms with Gasteiger partial charge >= 0.3 is 0 Å². The fraction of sp³-hybridized carbons (Fsp3) is 0.381. The van der Waals surface area contributed by atoms with Crippen LogP contribution in [0.2, 0.25) is 0 Å². The summed E-state index contributed by atoms with van der Waals surface area (Å²) in [5, 5.41) is 5.22. The molecule has 218 valence electrons. The van der Waals surface area contributed by atoms with Crippen LogP contribution < -0.4 is 0 Å². The number of fused-ring (bicyclic) bond motifs is 2. The van der Waals surface area contributed by atoms with Crippen LogP contribution in [-0.2, 0) is 12.8 Å². The fourth-order valence-corrected chi connectivity index (χ4v) is 6.30. The van der Waals surface area contributed by atoms with Gasteiger partial charge in [0, 0.05) is 0 Å². The molecule has 0 aliphatic heterocycles. The molecule has 0 aliphatic rings. The summed E-state index contributed by atoms with van der Waals surface area (Å²) in [5.74, 6) is 0. The first-order valence-corrected chi connectivity index (χ1v) is 16.9. The molecule has 0 atom stereocenters. The first-order chi connectivity index (χ1) is 20.7. The molecule has 0 saturated heterocycles. The van der Waals surface area contributed by atoms with Crippen LogP contribution in [0.25, 0.3) is 43.8 Å². The lowest BCUT2D eigenvalue weighted by Gasteiger charge is -2.09. The highest BCUT2D eigenvalue weighted by molar-refractivity contribution is 6.01. The second-order valence-electron chi connectivity index (χ2n) is 12.4. The van der Waals surface area contributed by atoms with Crippen LogP contribution in [-0.4, -0.2) is 0 Å². The zero-order chi connectivity index (χ0) is 29.0. The Labute approximate surface area is 255 Å². The molecule has 0 radical (unpaired) electrons. The Kier molecular flexibility index (Phi) is 11.3. The van der Waals surface area contributed by atoms with E-state index in [1.165, 1.54) is 145 Å². The SMILES string of the molecule is CCCCCCCCc1ccc(-c2ccc3cc4cc(-c5ccc(CCCCCCCC)cc5)ccc4cc3c2)cc1. The molecule has 0 N–H and O–H groups in total. The number of hydrogen-bond acceptors (Lipinski definition) is 0. The molecule has 0 saturated carbocycles. The van der Waals surface area contributed by atoms with E-state index in [4.69, 9.17) is 0 Å². The smallest absolute Gasteiger partial charge is 0.0171 e. The maximum atomic E-state index is 2.36. The van der Waals surface area contributed by atoms with Gasteiger partial charge in [-0.3, -0.25) is 0 Å². The second-order valence-corrected chi connectivity index (χ2v) is 12.4. The van der Waals surface area contributed by atoms with Crippen molar-refractivity contribution in [2.24, 2.45) is 0 Å². The summed E-state index contributed by atoms with van der Waals surface area (Å²) in [6.07, 6.45) is 18.7. The molecule has 5 aromatic rings. The van der Waals surface area contributed by atoms with Gasteiger partial charge < -0.3 is 0 Å². The van der Waals surface area contributed by atoms with Crippen molar-refractivity contribution in [3.8, 4) is 22.3 Å². The van der Waals surface area contributed by atoms with E-state index in [0.717, 1.165) is 0 Å². The third kappa shape index (κ3) is 8.34. The van der Waals surface area contributed by atoms with Gasteiger partial charge in [0.25, 0.3) is 0 Å². The van der Waals surface area contributed by atoms with Gasteiger partial charge in [0.2, 0.25) is 0 Å². The van der Waals surface area contributed by atoms with Crippen molar-refractivity contribution in [1.29, 1.82) is 0 Å². The van der Waals surface area contributed by atoms with E-state index in [-0.39, 0.29) is 0 Å². The molecule has 0 aliphatic carbocycles. The molecule has 0 spiro atoms. The minimum absolute atomic E-state index is 1.20. The maximum Gasteiger partial charge on any atom is -0.0171 e. The Morgan fingerprint density at radius 1 is 0.310 bits per heavy atom. The lowest BCUT2D eigenvalue weighted by atomic mass is 9.95. The molecule has 0 bridgehead atoms. The average Bonchev–Trinajstić information content (AvgIpc) is 3.03. The number of rotatable bonds is 16. The largest absolute Gasteiger partial charge is 0.0654 e. The molecule has 0 amide bonds. The predicted molar refractivity (Wildman–Crippen MR) is 186 cm³/mol. The molecule has 5 rings (SSSR count). The Bertz CT molecular complexity index is 1400. The number of benzene rings is 5. The molecule has 42 heavy (non-hydrogen) atoms. The third-order valence-corrected chi connectivity index (χ3v) is 9.01. The van der Waals surface area contributed by atoms with Crippen molar-refractivity contribution >= 4 is 21.5 Å². The van der Waals surface area contributed by atoms with Gasteiger partial charge in [-0.2, -0.15) is 0 Å². The van der Waals surface area contributed by atoms with E-state index < -0.39 is 0 Å². The van der Waals surface area contributed by atoms with Crippen molar-refractivity contribution in [3.05, 3.63) is 108 Å². The first-order valence-electron chi connectivity index (χ1n) is 16.9. The van der Waals surface area contributed by atoms with E-state index in [2.05, 4.69) is 111 Å². The van der Waals surface area contributed by atoms with E-state index >= 15 is 0 Å². The summed E-state index contributed by atoms with van der Waals surface area (Å²) in [6, 6.07) is 37.1. The van der Waals surface area contributed by atoms with Crippen LogP contribution in [0.15, 0.2) is 97.1 Å². The average molecular weight is 555 g/mol. The van der Waals surface area contributed by atoms with Gasteiger partial charge in [-0.15, -0.1) is 0 Å². The van der Waals surface area contributed by atoms with Crippen LogP contribution in [0.4, 0.5) is 0 Å². The summed E-state index contributed by atoms with van der Waals surface area (Å²) in [6.45, 7) is 4.57. The predicted octanol–water partition coefficient (Wildman–Crippen LogP) is 13.1. The van der Waals surface area contributed by atoms with Crippen molar-refractivity contribution < 1.29 is 0 Å². The third-order valence-electron chi connectivity index (χ3n) is 9.01. The zero-order valence-electron chi connectivity index (χ0n) is 26.1. The monoisotopic (exact) mass is 554 g/mol. The number of aryl methyl sites for hydroxylation is 2. The van der Waals surface area contributed by atoms with Crippen molar-refractivity contribution in [2.75, 3.05) is 0 Å². The Morgan fingerprint density at radius 2 is 0.667 bits per heavy atom. The molecule has 0 unspecified atom stereocenters. The van der Waals surface area contributed by atoms with Gasteiger partial charge in [0.1, 0.15) is 0 Å². The van der Waals surface area contributed by atoms with E-state index in [1.807, 2.05) is 0 Å². The van der Waals surface area contributed by atoms with Crippen LogP contribution in [0.3, 0.4) is 0 Å². The molecule has 5 aromatic carbocycles. The lowest BCUT2D eigenvalue weighted by Crippen LogP contribution is -1.88. The summed E-state index contributed by atoms with van der Waals surface area (Å²) >= 11 is 0. The highest BCUT2D eigenvalue weighted by atomic mass is 14.1. The first kappa shape index (κ1) is 30.1. The van der Waals surface area contributed by atoms with Gasteiger partial charge in [0.15, 0.2) is 0 Å². The Hall–Kier alpha value is -3.38. The molecule has 0 heterocycles. The van der Waals surface area contributed by atoms with Gasteiger partial charge in [-0.1, -0.05) is 151 Å². The Balaban J connectivity index is 1.22. The normalized spacial score (nSPS) is 11.5. The second kappa shape index (κ2) is 15.7. The van der Waals surface area contributed by atoms with E-state index in [0.29, 0.717) is 0 Å². The maximum absolute atomic E-state index is 2.36. The Morgan fingerprint density at radius 3 is 1.07 bits per heavy atom. The molecular formula is C42H50.